The number of pyridine rings is 1. The van der Waals surface area contributed by atoms with Gasteiger partial charge in [0.2, 0.25) is 0 Å². The van der Waals surface area contributed by atoms with Gasteiger partial charge in [-0.05, 0) is 49.2 Å². The van der Waals surface area contributed by atoms with Crippen molar-refractivity contribution in [1.82, 2.24) is 14.3 Å². The van der Waals surface area contributed by atoms with Gasteiger partial charge in [-0.25, -0.2) is 0 Å². The number of nitrogens with zero attached hydrogens (tertiary/aromatic N) is 3. The summed E-state index contributed by atoms with van der Waals surface area (Å²) in [4.78, 5) is 26.2. The van der Waals surface area contributed by atoms with Gasteiger partial charge in [-0.2, -0.15) is 9.78 Å². The fraction of sp³-hybridized carbons (Fsp3) is 0.125. The van der Waals surface area contributed by atoms with Crippen LogP contribution in [0.4, 0.5) is 5.69 Å². The van der Waals surface area contributed by atoms with Gasteiger partial charge in [0.05, 0.1) is 16.8 Å². The van der Waals surface area contributed by atoms with E-state index in [1.165, 1.54) is 4.68 Å². The third-order valence-electron chi connectivity index (χ3n) is 5.07. The molecule has 0 bridgehead atoms. The lowest BCUT2D eigenvalue weighted by Crippen LogP contribution is -2.17. The largest absolute Gasteiger partial charge is 0.349 e. The second-order valence-corrected chi connectivity index (χ2v) is 7.23. The minimum absolute atomic E-state index is 0.269. The van der Waals surface area contributed by atoms with Crippen molar-refractivity contribution in [3.63, 3.8) is 0 Å². The van der Waals surface area contributed by atoms with Crippen molar-refractivity contribution in [1.29, 1.82) is 0 Å². The number of aryl methyl sites for hydroxylation is 2. The summed E-state index contributed by atoms with van der Waals surface area (Å²) in [5, 5.41) is 7.41. The van der Waals surface area contributed by atoms with E-state index < -0.39 is 0 Å². The van der Waals surface area contributed by atoms with Crippen LogP contribution < -0.4 is 10.9 Å². The number of allylic oxidation sites excluding steroid dienone is 1. The van der Waals surface area contributed by atoms with E-state index in [4.69, 9.17) is 0 Å². The fourth-order valence-corrected chi connectivity index (χ4v) is 3.34. The molecule has 0 fully saturated rings. The van der Waals surface area contributed by atoms with Crippen molar-refractivity contribution >= 4 is 11.6 Å². The lowest BCUT2D eigenvalue weighted by Gasteiger charge is -2.12. The SMILES string of the molecule is C=CCn1cc(C(=O)Nc2ccc(C)c(C)c2)c2nn(-c3ccccc3)c(=O)c-2c1. The number of fused-ring (bicyclic) bond motifs is 1. The van der Waals surface area contributed by atoms with Crippen LogP contribution in [0.25, 0.3) is 16.9 Å². The average molecular weight is 398 g/mol. The molecular formula is C24H22N4O2. The zero-order valence-electron chi connectivity index (χ0n) is 16.9. The van der Waals surface area contributed by atoms with Crippen molar-refractivity contribution < 1.29 is 4.79 Å². The number of carbonyl (C=O) groups is 1. The van der Waals surface area contributed by atoms with Crippen LogP contribution in [0.5, 0.6) is 0 Å². The van der Waals surface area contributed by atoms with Crippen LogP contribution >= 0.6 is 0 Å². The lowest BCUT2D eigenvalue weighted by molar-refractivity contribution is 0.102. The van der Waals surface area contributed by atoms with E-state index in [1.54, 1.807) is 35.2 Å². The van der Waals surface area contributed by atoms with E-state index in [0.717, 1.165) is 11.1 Å². The number of rotatable bonds is 5. The van der Waals surface area contributed by atoms with Crippen LogP contribution in [0.2, 0.25) is 0 Å². The average Bonchev–Trinajstić information content (AvgIpc) is 3.08. The topological polar surface area (TPSA) is 68.9 Å². The molecule has 0 radical (unpaired) electrons. The second-order valence-electron chi connectivity index (χ2n) is 7.23. The van der Waals surface area contributed by atoms with Crippen LogP contribution in [0.1, 0.15) is 21.5 Å². The van der Waals surface area contributed by atoms with Crippen molar-refractivity contribution in [2.75, 3.05) is 5.32 Å². The molecule has 1 amide bonds. The summed E-state index contributed by atoms with van der Waals surface area (Å²) in [6, 6.07) is 14.9. The normalized spacial score (nSPS) is 10.9. The zero-order valence-corrected chi connectivity index (χ0v) is 16.9. The number of para-hydroxylation sites is 1. The molecule has 4 rings (SSSR count). The van der Waals surface area contributed by atoms with Gasteiger partial charge < -0.3 is 9.88 Å². The molecule has 2 aromatic rings. The fourth-order valence-electron chi connectivity index (χ4n) is 3.34. The number of anilines is 1. The first kappa shape index (κ1) is 19.4. The van der Waals surface area contributed by atoms with Crippen LogP contribution in [0.3, 0.4) is 0 Å². The quantitative estimate of drug-likeness (QED) is 0.513. The Bertz CT molecular complexity index is 1270. The molecule has 150 valence electrons. The summed E-state index contributed by atoms with van der Waals surface area (Å²) in [6.07, 6.45) is 5.11. The van der Waals surface area contributed by atoms with E-state index >= 15 is 0 Å². The number of hydrogen-bond donors (Lipinski definition) is 1. The third kappa shape index (κ3) is 3.55. The zero-order chi connectivity index (χ0) is 21.3. The van der Waals surface area contributed by atoms with Crippen molar-refractivity contribution in [3.05, 3.63) is 101 Å². The van der Waals surface area contributed by atoms with E-state index in [-0.39, 0.29) is 11.5 Å². The standard InChI is InChI=1S/C24H22N4O2/c1-4-12-27-14-20(23(29)25-18-11-10-16(2)17(3)13-18)22-21(15-27)24(30)28(26-22)19-8-6-5-7-9-19/h4-11,13-15H,1,12H2,2-3H3,(H,25,29). The van der Waals surface area contributed by atoms with Crippen LogP contribution in [0, 0.1) is 13.8 Å². The number of benzene rings is 2. The van der Waals surface area contributed by atoms with E-state index in [1.807, 2.05) is 50.2 Å². The monoisotopic (exact) mass is 398 g/mol. The highest BCUT2D eigenvalue weighted by Gasteiger charge is 2.24. The molecule has 0 aromatic heterocycles. The molecule has 6 nitrogen and oxygen atoms in total. The minimum atomic E-state index is -0.320. The van der Waals surface area contributed by atoms with Crippen LogP contribution in [-0.4, -0.2) is 20.3 Å². The Morgan fingerprint density at radius 2 is 1.87 bits per heavy atom. The summed E-state index contributed by atoms with van der Waals surface area (Å²) in [5.41, 5.74) is 4.39. The third-order valence-corrected chi connectivity index (χ3v) is 5.07. The molecule has 2 aliphatic heterocycles. The Kier molecular flexibility index (Phi) is 5.06. The Labute approximate surface area is 174 Å². The van der Waals surface area contributed by atoms with Gasteiger partial charge >= 0.3 is 0 Å². The smallest absolute Gasteiger partial charge is 0.282 e. The maximum absolute atomic E-state index is 13.1. The number of hydrogen-bond acceptors (Lipinski definition) is 3. The first-order chi connectivity index (χ1) is 14.5. The van der Waals surface area contributed by atoms with Gasteiger partial charge in [0.25, 0.3) is 11.5 Å². The van der Waals surface area contributed by atoms with E-state index in [0.29, 0.717) is 34.7 Å². The molecule has 0 saturated heterocycles. The van der Waals surface area contributed by atoms with Crippen molar-refractivity contribution in [3.8, 4) is 16.9 Å². The molecule has 1 N–H and O–H groups in total. The minimum Gasteiger partial charge on any atom is -0.349 e. The van der Waals surface area contributed by atoms with Crippen LogP contribution in [-0.2, 0) is 6.54 Å². The van der Waals surface area contributed by atoms with Gasteiger partial charge in [-0.1, -0.05) is 30.3 Å². The highest BCUT2D eigenvalue weighted by Crippen LogP contribution is 2.24. The summed E-state index contributed by atoms with van der Waals surface area (Å²) in [7, 11) is 0. The van der Waals surface area contributed by atoms with Gasteiger partial charge in [0, 0.05) is 24.6 Å². The van der Waals surface area contributed by atoms with E-state index in [9.17, 15) is 9.59 Å². The molecule has 0 spiro atoms. The van der Waals surface area contributed by atoms with Crippen molar-refractivity contribution in [2.45, 2.75) is 20.4 Å². The number of carbonyl (C=O) groups excluding carboxylic acids is 1. The van der Waals surface area contributed by atoms with Crippen molar-refractivity contribution in [2.24, 2.45) is 0 Å². The maximum Gasteiger partial charge on any atom is 0.282 e. The summed E-state index contributed by atoms with van der Waals surface area (Å²) in [5.74, 6) is -0.320. The summed E-state index contributed by atoms with van der Waals surface area (Å²) < 4.78 is 3.10. The highest BCUT2D eigenvalue weighted by atomic mass is 16.2. The van der Waals surface area contributed by atoms with Gasteiger partial charge in [0.1, 0.15) is 5.69 Å². The van der Waals surface area contributed by atoms with Crippen LogP contribution in [0.15, 0.2) is 78.4 Å². The molecule has 6 heteroatoms. The molecular weight excluding hydrogens is 376 g/mol. The number of amides is 1. The predicted molar refractivity (Wildman–Crippen MR) is 119 cm³/mol. The van der Waals surface area contributed by atoms with E-state index in [2.05, 4.69) is 17.0 Å². The molecule has 30 heavy (non-hydrogen) atoms. The van der Waals surface area contributed by atoms with Gasteiger partial charge in [-0.15, -0.1) is 6.58 Å². The summed E-state index contributed by atoms with van der Waals surface area (Å²) in [6.45, 7) is 8.23. The molecule has 0 aliphatic carbocycles. The summed E-state index contributed by atoms with van der Waals surface area (Å²) >= 11 is 0. The maximum atomic E-state index is 13.1. The van der Waals surface area contributed by atoms with Gasteiger partial charge in [0.15, 0.2) is 0 Å². The van der Waals surface area contributed by atoms with Gasteiger partial charge in [-0.3, -0.25) is 9.59 Å². The molecule has 0 unspecified atom stereocenters. The Morgan fingerprint density at radius 1 is 1.10 bits per heavy atom. The first-order valence-corrected chi connectivity index (χ1v) is 9.65. The molecule has 2 aliphatic rings. The Balaban J connectivity index is 1.83. The molecule has 2 heterocycles. The molecule has 2 aromatic carbocycles. The lowest BCUT2D eigenvalue weighted by atomic mass is 10.1. The number of aromatic nitrogens is 3. The highest BCUT2D eigenvalue weighted by molar-refractivity contribution is 6.08. The Hall–Kier alpha value is -3.93. The molecule has 0 atom stereocenters. The Morgan fingerprint density at radius 3 is 2.57 bits per heavy atom. The predicted octanol–water partition coefficient (Wildman–Crippen LogP) is 4.19. The second kappa shape index (κ2) is 7.83. The first-order valence-electron chi connectivity index (χ1n) is 9.65. The molecule has 0 saturated carbocycles. The number of nitrogens with one attached hydrogen (secondary N) is 1.